The van der Waals surface area contributed by atoms with Gasteiger partial charge in [0.05, 0.1) is 27.9 Å². The summed E-state index contributed by atoms with van der Waals surface area (Å²) in [5, 5.41) is 4.93. The summed E-state index contributed by atoms with van der Waals surface area (Å²) in [5.74, 6) is -1.87. The SMILES string of the molecule is O=C(NC1COc2c(C(=O)Nc3ccc(F)c(Cl)c3)ccc(F)c21)OCc1ccccn1. The molecule has 1 unspecified atom stereocenters. The first kappa shape index (κ1) is 21.5. The Kier molecular flexibility index (Phi) is 6.18. The quantitative estimate of drug-likeness (QED) is 0.581. The molecule has 0 aliphatic carbocycles. The van der Waals surface area contributed by atoms with E-state index in [9.17, 15) is 18.4 Å². The van der Waals surface area contributed by atoms with Crippen molar-refractivity contribution in [2.24, 2.45) is 0 Å². The molecule has 164 valence electrons. The number of hydrogen-bond donors (Lipinski definition) is 2. The summed E-state index contributed by atoms with van der Waals surface area (Å²) in [6, 6.07) is 10.4. The van der Waals surface area contributed by atoms with Crippen molar-refractivity contribution < 1.29 is 27.8 Å². The molecule has 2 heterocycles. The number of carbonyl (C=O) groups is 2. The maximum absolute atomic E-state index is 14.5. The van der Waals surface area contributed by atoms with Crippen LogP contribution in [0.5, 0.6) is 5.75 Å². The zero-order chi connectivity index (χ0) is 22.7. The third-order valence-corrected chi connectivity index (χ3v) is 4.97. The number of rotatable bonds is 5. The monoisotopic (exact) mass is 459 g/mol. The van der Waals surface area contributed by atoms with Crippen molar-refractivity contribution in [1.29, 1.82) is 0 Å². The fourth-order valence-electron chi connectivity index (χ4n) is 3.18. The lowest BCUT2D eigenvalue weighted by Crippen LogP contribution is -2.30. The molecule has 1 aromatic heterocycles. The van der Waals surface area contributed by atoms with Crippen LogP contribution in [0.3, 0.4) is 0 Å². The second-order valence-electron chi connectivity index (χ2n) is 6.83. The largest absolute Gasteiger partial charge is 0.490 e. The molecule has 2 aromatic carbocycles. The van der Waals surface area contributed by atoms with Crippen LogP contribution < -0.4 is 15.4 Å². The van der Waals surface area contributed by atoms with Crippen molar-refractivity contribution in [3.63, 3.8) is 0 Å². The van der Waals surface area contributed by atoms with E-state index in [0.29, 0.717) is 5.69 Å². The van der Waals surface area contributed by atoms with E-state index in [1.54, 1.807) is 24.4 Å². The Morgan fingerprint density at radius 1 is 1.16 bits per heavy atom. The first-order chi connectivity index (χ1) is 15.4. The Labute approximate surface area is 186 Å². The molecule has 10 heteroatoms. The molecule has 1 atom stereocenters. The van der Waals surface area contributed by atoms with Gasteiger partial charge in [0.1, 0.15) is 30.6 Å². The average Bonchev–Trinajstić information content (AvgIpc) is 3.20. The van der Waals surface area contributed by atoms with Crippen LogP contribution in [0.4, 0.5) is 19.3 Å². The second-order valence-corrected chi connectivity index (χ2v) is 7.23. The Bertz CT molecular complexity index is 1180. The van der Waals surface area contributed by atoms with Crippen LogP contribution in [0.15, 0.2) is 54.7 Å². The predicted octanol–water partition coefficient (Wildman–Crippen LogP) is 4.63. The van der Waals surface area contributed by atoms with Gasteiger partial charge in [0.15, 0.2) is 0 Å². The van der Waals surface area contributed by atoms with Gasteiger partial charge in [-0.2, -0.15) is 0 Å². The van der Waals surface area contributed by atoms with Gasteiger partial charge in [-0.1, -0.05) is 17.7 Å². The molecule has 0 radical (unpaired) electrons. The van der Waals surface area contributed by atoms with Crippen LogP contribution in [0, 0.1) is 11.6 Å². The maximum Gasteiger partial charge on any atom is 0.408 e. The molecule has 0 fully saturated rings. The normalized spacial score (nSPS) is 14.3. The summed E-state index contributed by atoms with van der Waals surface area (Å²) in [4.78, 5) is 28.9. The highest BCUT2D eigenvalue weighted by molar-refractivity contribution is 6.31. The minimum Gasteiger partial charge on any atom is -0.490 e. The highest BCUT2D eigenvalue weighted by atomic mass is 35.5. The molecule has 7 nitrogen and oxygen atoms in total. The van der Waals surface area contributed by atoms with E-state index < -0.39 is 29.7 Å². The number of nitrogens with zero attached hydrogens (tertiary/aromatic N) is 1. The number of halogens is 3. The predicted molar refractivity (Wildman–Crippen MR) is 112 cm³/mol. The van der Waals surface area contributed by atoms with Crippen molar-refractivity contribution in [2.75, 3.05) is 11.9 Å². The van der Waals surface area contributed by atoms with Gasteiger partial charge in [0, 0.05) is 11.9 Å². The lowest BCUT2D eigenvalue weighted by Gasteiger charge is -2.13. The maximum atomic E-state index is 14.5. The molecule has 0 saturated heterocycles. The molecule has 1 aliphatic heterocycles. The second kappa shape index (κ2) is 9.19. The number of fused-ring (bicyclic) bond motifs is 1. The topological polar surface area (TPSA) is 89.5 Å². The van der Waals surface area contributed by atoms with Crippen LogP contribution in [0.2, 0.25) is 5.02 Å². The smallest absolute Gasteiger partial charge is 0.408 e. The molecule has 0 bridgehead atoms. The number of anilines is 1. The third-order valence-electron chi connectivity index (χ3n) is 4.68. The van der Waals surface area contributed by atoms with Crippen molar-refractivity contribution >= 4 is 29.3 Å². The summed E-state index contributed by atoms with van der Waals surface area (Å²) in [6.07, 6.45) is 0.784. The summed E-state index contributed by atoms with van der Waals surface area (Å²) >= 11 is 5.73. The highest BCUT2D eigenvalue weighted by Crippen LogP contribution is 2.38. The standard InChI is InChI=1S/C22H16ClF2N3O4/c23-15-9-12(4-6-16(15)24)27-21(29)14-5-7-17(25)19-18(11-31-20(14)19)28-22(30)32-10-13-3-1-2-8-26-13/h1-9,18H,10-11H2,(H,27,29)(H,28,30). The van der Waals surface area contributed by atoms with Crippen molar-refractivity contribution in [1.82, 2.24) is 10.3 Å². The van der Waals surface area contributed by atoms with Crippen LogP contribution in [0.25, 0.3) is 0 Å². The summed E-state index contributed by atoms with van der Waals surface area (Å²) in [5.41, 5.74) is 0.888. The van der Waals surface area contributed by atoms with Crippen molar-refractivity contribution in [3.8, 4) is 5.75 Å². The number of benzene rings is 2. The number of amides is 2. The number of nitrogens with one attached hydrogen (secondary N) is 2. The van der Waals surface area contributed by atoms with Crippen LogP contribution in [-0.4, -0.2) is 23.6 Å². The summed E-state index contributed by atoms with van der Waals surface area (Å²) < 4.78 is 38.5. The zero-order valence-electron chi connectivity index (χ0n) is 16.4. The van der Waals surface area contributed by atoms with Gasteiger partial charge >= 0.3 is 6.09 Å². The van der Waals surface area contributed by atoms with Crippen LogP contribution in [-0.2, 0) is 11.3 Å². The van der Waals surface area contributed by atoms with E-state index in [0.717, 1.165) is 12.1 Å². The highest BCUT2D eigenvalue weighted by Gasteiger charge is 2.33. The minimum atomic E-state index is -0.853. The van der Waals surface area contributed by atoms with Crippen molar-refractivity contribution in [2.45, 2.75) is 12.6 Å². The number of pyridine rings is 1. The lowest BCUT2D eigenvalue weighted by atomic mass is 10.0. The van der Waals surface area contributed by atoms with Gasteiger partial charge in [0.2, 0.25) is 0 Å². The Morgan fingerprint density at radius 3 is 2.72 bits per heavy atom. The molecule has 4 rings (SSSR count). The van der Waals surface area contributed by atoms with Gasteiger partial charge in [-0.15, -0.1) is 0 Å². The Hall–Kier alpha value is -3.72. The van der Waals surface area contributed by atoms with Gasteiger partial charge in [-0.05, 0) is 42.5 Å². The first-order valence-electron chi connectivity index (χ1n) is 9.47. The molecule has 2 amide bonds. The molecule has 32 heavy (non-hydrogen) atoms. The molecule has 3 aromatic rings. The Morgan fingerprint density at radius 2 is 1.97 bits per heavy atom. The molecular weight excluding hydrogens is 444 g/mol. The number of aromatic nitrogens is 1. The van der Waals surface area contributed by atoms with E-state index in [1.807, 2.05) is 0 Å². The average molecular weight is 460 g/mol. The third kappa shape index (κ3) is 4.62. The molecule has 0 saturated carbocycles. The van der Waals surface area contributed by atoms with Gasteiger partial charge in [0.25, 0.3) is 5.91 Å². The summed E-state index contributed by atoms with van der Waals surface area (Å²) in [6.45, 7) is -0.143. The van der Waals surface area contributed by atoms with Gasteiger partial charge < -0.3 is 20.1 Å². The van der Waals surface area contributed by atoms with Gasteiger partial charge in [-0.25, -0.2) is 13.6 Å². The molecule has 0 spiro atoms. The van der Waals surface area contributed by atoms with Crippen molar-refractivity contribution in [3.05, 3.63) is 88.2 Å². The Balaban J connectivity index is 1.47. The van der Waals surface area contributed by atoms with E-state index in [1.165, 1.54) is 18.2 Å². The molecule has 1 aliphatic rings. The van der Waals surface area contributed by atoms with E-state index >= 15 is 0 Å². The fraction of sp³-hybridized carbons (Fsp3) is 0.136. The number of carbonyl (C=O) groups excluding carboxylic acids is 2. The fourth-order valence-corrected chi connectivity index (χ4v) is 3.36. The zero-order valence-corrected chi connectivity index (χ0v) is 17.2. The number of alkyl carbamates (subject to hydrolysis) is 1. The first-order valence-corrected chi connectivity index (χ1v) is 9.85. The van der Waals surface area contributed by atoms with E-state index in [-0.39, 0.29) is 40.8 Å². The van der Waals surface area contributed by atoms with Crippen LogP contribution in [0.1, 0.15) is 27.7 Å². The minimum absolute atomic E-state index is 0.00531. The van der Waals surface area contributed by atoms with Gasteiger partial charge in [-0.3, -0.25) is 9.78 Å². The number of hydrogen-bond acceptors (Lipinski definition) is 5. The lowest BCUT2D eigenvalue weighted by molar-refractivity contribution is 0.102. The molecular formula is C22H16ClF2N3O4. The number of ether oxygens (including phenoxy) is 2. The van der Waals surface area contributed by atoms with E-state index in [2.05, 4.69) is 15.6 Å². The summed E-state index contributed by atoms with van der Waals surface area (Å²) in [7, 11) is 0. The van der Waals surface area contributed by atoms with Crippen LogP contribution >= 0.6 is 11.6 Å². The molecule has 2 N–H and O–H groups in total. The van der Waals surface area contributed by atoms with E-state index in [4.69, 9.17) is 21.1 Å².